The zero-order valence-corrected chi connectivity index (χ0v) is 14.8. The van der Waals surface area contributed by atoms with Crippen LogP contribution in [0.1, 0.15) is 18.1 Å². The first-order valence-electron chi connectivity index (χ1n) is 7.97. The molecule has 0 bridgehead atoms. The standard InChI is InChI=1S/C19H14ClF3O4/c1-2-10-3-5-12(6-4-10)26-16-9-15-11(8-14(16)20)7-13(18(24)25)17(27-15)19(21,22)23/h3-9,17H,2H2,1H3,(H,24,25). The first-order chi connectivity index (χ1) is 12.7. The molecule has 1 aliphatic rings. The predicted molar refractivity (Wildman–Crippen MR) is 93.4 cm³/mol. The molecule has 0 saturated carbocycles. The van der Waals surface area contributed by atoms with Gasteiger partial charge in [-0.2, -0.15) is 13.2 Å². The molecule has 2 aromatic rings. The number of hydrogen-bond acceptors (Lipinski definition) is 3. The van der Waals surface area contributed by atoms with Crippen molar-refractivity contribution in [1.29, 1.82) is 0 Å². The number of rotatable bonds is 4. The molecular weight excluding hydrogens is 385 g/mol. The highest BCUT2D eigenvalue weighted by Gasteiger charge is 2.48. The summed E-state index contributed by atoms with van der Waals surface area (Å²) in [6, 6.07) is 9.69. The fraction of sp³-hybridized carbons (Fsp3) is 0.211. The molecule has 0 amide bonds. The molecule has 2 aromatic carbocycles. The van der Waals surface area contributed by atoms with Crippen LogP contribution in [-0.2, 0) is 11.2 Å². The molecule has 4 nitrogen and oxygen atoms in total. The zero-order chi connectivity index (χ0) is 19.8. The van der Waals surface area contributed by atoms with Crippen LogP contribution in [0.25, 0.3) is 6.08 Å². The van der Waals surface area contributed by atoms with Crippen LogP contribution in [0.2, 0.25) is 5.02 Å². The first-order valence-corrected chi connectivity index (χ1v) is 8.35. The van der Waals surface area contributed by atoms with Crippen molar-refractivity contribution in [2.45, 2.75) is 25.6 Å². The fourth-order valence-corrected chi connectivity index (χ4v) is 2.82. The highest BCUT2D eigenvalue weighted by molar-refractivity contribution is 6.32. The lowest BCUT2D eigenvalue weighted by molar-refractivity contribution is -0.187. The van der Waals surface area contributed by atoms with E-state index in [1.807, 2.05) is 19.1 Å². The lowest BCUT2D eigenvalue weighted by Gasteiger charge is -2.27. The zero-order valence-electron chi connectivity index (χ0n) is 14.0. The van der Waals surface area contributed by atoms with Gasteiger partial charge in [0.05, 0.1) is 10.6 Å². The first kappa shape index (κ1) is 19.1. The second-order valence-electron chi connectivity index (χ2n) is 5.86. The summed E-state index contributed by atoms with van der Waals surface area (Å²) in [4.78, 5) is 11.2. The van der Waals surface area contributed by atoms with Crippen molar-refractivity contribution in [3.05, 3.63) is 58.1 Å². The minimum Gasteiger partial charge on any atom is -0.478 e. The number of halogens is 4. The number of fused-ring (bicyclic) bond motifs is 1. The summed E-state index contributed by atoms with van der Waals surface area (Å²) >= 11 is 6.14. The predicted octanol–water partition coefficient (Wildman–Crippen LogP) is 5.49. The number of carboxylic acids is 1. The molecule has 1 N–H and O–H groups in total. The van der Waals surface area contributed by atoms with Gasteiger partial charge < -0.3 is 14.6 Å². The highest BCUT2D eigenvalue weighted by atomic mass is 35.5. The molecular formula is C19H14ClF3O4. The van der Waals surface area contributed by atoms with Crippen LogP contribution < -0.4 is 9.47 Å². The van der Waals surface area contributed by atoms with Crippen LogP contribution in [0.15, 0.2) is 42.0 Å². The van der Waals surface area contributed by atoms with E-state index in [-0.39, 0.29) is 22.1 Å². The average molecular weight is 399 g/mol. The monoisotopic (exact) mass is 398 g/mol. The van der Waals surface area contributed by atoms with Crippen molar-refractivity contribution in [3.63, 3.8) is 0 Å². The lowest BCUT2D eigenvalue weighted by Crippen LogP contribution is -2.40. The molecule has 0 aliphatic carbocycles. The van der Waals surface area contributed by atoms with Crippen molar-refractivity contribution < 1.29 is 32.5 Å². The Balaban J connectivity index is 1.97. The van der Waals surface area contributed by atoms with Gasteiger partial charge in [-0.15, -0.1) is 0 Å². The van der Waals surface area contributed by atoms with Crippen molar-refractivity contribution >= 4 is 23.6 Å². The summed E-state index contributed by atoms with van der Waals surface area (Å²) < 4.78 is 50.0. The van der Waals surface area contributed by atoms with Crippen LogP contribution in [0.4, 0.5) is 13.2 Å². The second-order valence-corrected chi connectivity index (χ2v) is 6.27. The Morgan fingerprint density at radius 3 is 2.48 bits per heavy atom. The van der Waals surface area contributed by atoms with Crippen LogP contribution in [0.3, 0.4) is 0 Å². The normalized spacial score (nSPS) is 16.2. The molecule has 0 radical (unpaired) electrons. The van der Waals surface area contributed by atoms with Gasteiger partial charge in [0.1, 0.15) is 17.2 Å². The number of carboxylic acid groups (broad SMARTS) is 1. The Bertz CT molecular complexity index is 904. The van der Waals surface area contributed by atoms with Crippen LogP contribution >= 0.6 is 11.6 Å². The number of benzene rings is 2. The van der Waals surface area contributed by atoms with E-state index in [0.29, 0.717) is 5.75 Å². The summed E-state index contributed by atoms with van der Waals surface area (Å²) in [5.41, 5.74) is 0.322. The van der Waals surface area contributed by atoms with E-state index in [1.165, 1.54) is 12.1 Å². The molecule has 1 atom stereocenters. The Morgan fingerprint density at radius 1 is 1.26 bits per heavy atom. The smallest absolute Gasteiger partial charge is 0.430 e. The molecule has 8 heteroatoms. The number of aliphatic carboxylic acids is 1. The molecule has 3 rings (SSSR count). The largest absolute Gasteiger partial charge is 0.478 e. The maximum absolute atomic E-state index is 13.2. The number of carbonyl (C=O) groups is 1. The molecule has 27 heavy (non-hydrogen) atoms. The van der Waals surface area contributed by atoms with Gasteiger partial charge in [-0.3, -0.25) is 0 Å². The lowest BCUT2D eigenvalue weighted by atomic mass is 10.0. The van der Waals surface area contributed by atoms with E-state index >= 15 is 0 Å². The summed E-state index contributed by atoms with van der Waals surface area (Å²) in [5.74, 6) is -1.31. The number of alkyl halides is 3. The summed E-state index contributed by atoms with van der Waals surface area (Å²) in [7, 11) is 0. The highest BCUT2D eigenvalue weighted by Crippen LogP contribution is 2.42. The van der Waals surface area contributed by atoms with Crippen molar-refractivity contribution in [2.75, 3.05) is 0 Å². The van der Waals surface area contributed by atoms with Crippen molar-refractivity contribution in [2.24, 2.45) is 0 Å². The van der Waals surface area contributed by atoms with Crippen LogP contribution in [0, 0.1) is 0 Å². The Kier molecular flexibility index (Phi) is 5.06. The Morgan fingerprint density at radius 2 is 1.93 bits per heavy atom. The van der Waals surface area contributed by atoms with Crippen LogP contribution in [0.5, 0.6) is 17.2 Å². The van der Waals surface area contributed by atoms with Gasteiger partial charge in [0.2, 0.25) is 6.10 Å². The van der Waals surface area contributed by atoms with Gasteiger partial charge >= 0.3 is 12.1 Å². The summed E-state index contributed by atoms with van der Waals surface area (Å²) in [5, 5.41) is 9.17. The average Bonchev–Trinajstić information content (AvgIpc) is 2.61. The van der Waals surface area contributed by atoms with Gasteiger partial charge in [-0.05, 0) is 36.3 Å². The van der Waals surface area contributed by atoms with E-state index < -0.39 is 23.8 Å². The Hall–Kier alpha value is -2.67. The fourth-order valence-electron chi connectivity index (χ4n) is 2.61. The van der Waals surface area contributed by atoms with Gasteiger partial charge in [0.25, 0.3) is 0 Å². The molecule has 1 unspecified atom stereocenters. The van der Waals surface area contributed by atoms with Crippen molar-refractivity contribution in [1.82, 2.24) is 0 Å². The quantitative estimate of drug-likeness (QED) is 0.740. The van der Waals surface area contributed by atoms with Gasteiger partial charge in [0, 0.05) is 11.6 Å². The third kappa shape index (κ3) is 4.03. The summed E-state index contributed by atoms with van der Waals surface area (Å²) in [6.45, 7) is 2.00. The second kappa shape index (κ2) is 7.15. The van der Waals surface area contributed by atoms with E-state index in [2.05, 4.69) is 0 Å². The van der Waals surface area contributed by atoms with Gasteiger partial charge in [-0.1, -0.05) is 30.7 Å². The number of ether oxygens (including phenoxy) is 2. The molecule has 1 heterocycles. The maximum atomic E-state index is 13.2. The van der Waals surface area contributed by atoms with E-state index in [1.54, 1.807) is 12.1 Å². The van der Waals surface area contributed by atoms with Crippen LogP contribution in [-0.4, -0.2) is 23.4 Å². The maximum Gasteiger partial charge on any atom is 0.430 e. The molecule has 1 aliphatic heterocycles. The van der Waals surface area contributed by atoms with E-state index in [9.17, 15) is 18.0 Å². The SMILES string of the molecule is CCc1ccc(Oc2cc3c(cc2Cl)C=C(C(=O)O)C(C(F)(F)F)O3)cc1. The topological polar surface area (TPSA) is 55.8 Å². The minimum absolute atomic E-state index is 0.104. The summed E-state index contributed by atoms with van der Waals surface area (Å²) in [6.07, 6.45) is -5.69. The van der Waals surface area contributed by atoms with Crippen molar-refractivity contribution in [3.8, 4) is 17.2 Å². The molecule has 0 spiro atoms. The van der Waals surface area contributed by atoms with Gasteiger partial charge in [0.15, 0.2) is 0 Å². The third-order valence-corrected chi connectivity index (χ3v) is 4.30. The molecule has 0 fully saturated rings. The molecule has 142 valence electrons. The number of aryl methyl sites for hydroxylation is 1. The molecule has 0 aromatic heterocycles. The van der Waals surface area contributed by atoms with Gasteiger partial charge in [-0.25, -0.2) is 4.79 Å². The Labute approximate surface area is 157 Å². The number of hydrogen-bond donors (Lipinski definition) is 1. The van der Waals surface area contributed by atoms with E-state index in [0.717, 1.165) is 18.1 Å². The third-order valence-electron chi connectivity index (χ3n) is 4.01. The molecule has 0 saturated heterocycles. The minimum atomic E-state index is -4.88. The van der Waals surface area contributed by atoms with E-state index in [4.69, 9.17) is 26.2 Å².